The molecule has 3 heterocycles. The monoisotopic (exact) mass is 368 g/mol. The second kappa shape index (κ2) is 6.15. The Kier molecular flexibility index (Phi) is 3.91. The van der Waals surface area contributed by atoms with Gasteiger partial charge in [0.2, 0.25) is 0 Å². The number of carbonyl (C=O) groups excluding carboxylic acids is 1. The van der Waals surface area contributed by atoms with Crippen LogP contribution in [0.5, 0.6) is 11.5 Å². The number of aromatic amines is 1. The van der Waals surface area contributed by atoms with Crippen LogP contribution in [0.25, 0.3) is 22.0 Å². The van der Waals surface area contributed by atoms with Gasteiger partial charge in [-0.1, -0.05) is 13.8 Å². The number of pyridine rings is 1. The molecule has 0 saturated heterocycles. The van der Waals surface area contributed by atoms with Crippen molar-refractivity contribution in [3.63, 3.8) is 0 Å². The van der Waals surface area contributed by atoms with Crippen molar-refractivity contribution in [2.45, 2.75) is 20.0 Å². The number of hydrogen-bond donors (Lipinski definition) is 2. The highest BCUT2D eigenvalue weighted by atomic mass is 16.5. The van der Waals surface area contributed by atoms with Crippen LogP contribution < -0.4 is 20.3 Å². The van der Waals surface area contributed by atoms with E-state index in [4.69, 9.17) is 9.47 Å². The molecule has 140 valence electrons. The highest BCUT2D eigenvalue weighted by Gasteiger charge is 2.33. The summed E-state index contributed by atoms with van der Waals surface area (Å²) in [4.78, 5) is 24.7. The molecule has 0 spiro atoms. The lowest BCUT2D eigenvalue weighted by atomic mass is 9.98. The smallest absolute Gasteiger partial charge is 0.276 e. The Hall–Kier alpha value is -3.29. The van der Waals surface area contributed by atoms with Gasteiger partial charge in [0.15, 0.2) is 11.9 Å². The van der Waals surface area contributed by atoms with Gasteiger partial charge in [-0.25, -0.2) is 0 Å². The molecule has 0 saturated carbocycles. The Morgan fingerprint density at radius 1 is 1.26 bits per heavy atom. The SMILES string of the molecule is COc1cc2c(c(-c3cn(C)c(=O)c4[nH]ncc34)c1)OC(C(C)C)C(=O)N2. The number of benzene rings is 1. The topological polar surface area (TPSA) is 98.2 Å². The maximum absolute atomic E-state index is 12.4. The van der Waals surface area contributed by atoms with Gasteiger partial charge in [0.25, 0.3) is 11.5 Å². The maximum atomic E-state index is 12.4. The third-order valence-electron chi connectivity index (χ3n) is 4.74. The van der Waals surface area contributed by atoms with E-state index in [0.717, 1.165) is 11.1 Å². The van der Waals surface area contributed by atoms with Gasteiger partial charge in [-0.15, -0.1) is 0 Å². The number of nitrogens with one attached hydrogen (secondary N) is 2. The van der Waals surface area contributed by atoms with Crippen molar-refractivity contribution in [3.8, 4) is 22.6 Å². The Balaban J connectivity index is 2.01. The van der Waals surface area contributed by atoms with Crippen LogP contribution in [-0.2, 0) is 11.8 Å². The van der Waals surface area contributed by atoms with Gasteiger partial charge < -0.3 is 19.4 Å². The van der Waals surface area contributed by atoms with Crippen molar-refractivity contribution in [2.24, 2.45) is 13.0 Å². The van der Waals surface area contributed by atoms with E-state index in [0.29, 0.717) is 28.1 Å². The summed E-state index contributed by atoms with van der Waals surface area (Å²) in [5, 5.41) is 10.4. The fraction of sp³-hybridized carbons (Fsp3) is 0.316. The molecule has 27 heavy (non-hydrogen) atoms. The number of ether oxygens (including phenoxy) is 2. The van der Waals surface area contributed by atoms with E-state index in [9.17, 15) is 9.59 Å². The molecule has 0 radical (unpaired) electrons. The lowest BCUT2D eigenvalue weighted by molar-refractivity contribution is -0.125. The predicted octanol–water partition coefficient (Wildman–Crippen LogP) is 2.29. The zero-order valence-corrected chi connectivity index (χ0v) is 15.5. The maximum Gasteiger partial charge on any atom is 0.276 e. The lowest BCUT2D eigenvalue weighted by Gasteiger charge is -2.30. The summed E-state index contributed by atoms with van der Waals surface area (Å²) < 4.78 is 13.0. The van der Waals surface area contributed by atoms with Crippen molar-refractivity contribution >= 4 is 22.5 Å². The first-order valence-corrected chi connectivity index (χ1v) is 8.63. The van der Waals surface area contributed by atoms with Crippen LogP contribution in [0.3, 0.4) is 0 Å². The zero-order chi connectivity index (χ0) is 19.3. The summed E-state index contributed by atoms with van der Waals surface area (Å²) in [7, 11) is 3.24. The van der Waals surface area contributed by atoms with Crippen LogP contribution in [0, 0.1) is 5.92 Å². The summed E-state index contributed by atoms with van der Waals surface area (Å²) in [6.07, 6.45) is 2.75. The molecule has 1 atom stereocenters. The molecule has 0 aliphatic carbocycles. The van der Waals surface area contributed by atoms with Gasteiger partial charge >= 0.3 is 0 Å². The highest BCUT2D eigenvalue weighted by Crippen LogP contribution is 2.44. The second-order valence-corrected chi connectivity index (χ2v) is 6.94. The average molecular weight is 368 g/mol. The van der Waals surface area contributed by atoms with Gasteiger partial charge in [0.05, 0.1) is 19.0 Å². The molecule has 1 aliphatic rings. The molecule has 1 unspecified atom stereocenters. The molecule has 4 rings (SSSR count). The summed E-state index contributed by atoms with van der Waals surface area (Å²) in [5.41, 5.74) is 2.26. The number of fused-ring (bicyclic) bond motifs is 2. The van der Waals surface area contributed by atoms with E-state index in [1.807, 2.05) is 19.9 Å². The first kappa shape index (κ1) is 17.1. The lowest BCUT2D eigenvalue weighted by Crippen LogP contribution is -2.40. The number of anilines is 1. The van der Waals surface area contributed by atoms with Crippen LogP contribution in [0.4, 0.5) is 5.69 Å². The van der Waals surface area contributed by atoms with Crippen molar-refractivity contribution in [3.05, 3.63) is 34.9 Å². The number of hydrogen-bond acceptors (Lipinski definition) is 5. The molecule has 1 aromatic carbocycles. The minimum absolute atomic E-state index is 0.00201. The van der Waals surface area contributed by atoms with E-state index in [1.165, 1.54) is 4.57 Å². The van der Waals surface area contributed by atoms with E-state index in [2.05, 4.69) is 15.5 Å². The van der Waals surface area contributed by atoms with Gasteiger partial charge in [-0.3, -0.25) is 14.7 Å². The first-order chi connectivity index (χ1) is 12.9. The largest absolute Gasteiger partial charge is 0.497 e. The average Bonchev–Trinajstić information content (AvgIpc) is 3.13. The molecule has 1 amide bonds. The Bertz CT molecular complexity index is 1110. The third kappa shape index (κ3) is 2.64. The van der Waals surface area contributed by atoms with Crippen LogP contribution in [-0.4, -0.2) is 33.9 Å². The standard InChI is InChI=1S/C19H20N4O4/c1-9(2)16-18(24)21-14-6-10(26-4)5-11(17(14)27-16)13-8-23(3)19(25)15-12(13)7-20-22-15/h5-9,16H,1-4H3,(H,20,22)(H,21,24). The number of aromatic nitrogens is 3. The van der Waals surface area contributed by atoms with Gasteiger partial charge in [0, 0.05) is 35.8 Å². The number of H-pyrrole nitrogens is 1. The number of amides is 1. The minimum Gasteiger partial charge on any atom is -0.497 e. The Labute approximate surface area is 155 Å². The van der Waals surface area contributed by atoms with E-state index in [-0.39, 0.29) is 17.4 Å². The summed E-state index contributed by atoms with van der Waals surface area (Å²) in [6, 6.07) is 3.56. The highest BCUT2D eigenvalue weighted by molar-refractivity contribution is 6.03. The molecule has 2 N–H and O–H groups in total. The van der Waals surface area contributed by atoms with Crippen molar-refractivity contribution < 1.29 is 14.3 Å². The van der Waals surface area contributed by atoms with Crippen molar-refractivity contribution in [1.82, 2.24) is 14.8 Å². The minimum atomic E-state index is -0.600. The summed E-state index contributed by atoms with van der Waals surface area (Å²) in [6.45, 7) is 3.86. The molecular weight excluding hydrogens is 348 g/mol. The number of nitrogens with zero attached hydrogens (tertiary/aromatic N) is 2. The fourth-order valence-electron chi connectivity index (χ4n) is 3.33. The molecule has 2 aromatic heterocycles. The zero-order valence-electron chi connectivity index (χ0n) is 15.5. The normalized spacial score (nSPS) is 16.2. The Morgan fingerprint density at radius 3 is 2.74 bits per heavy atom. The van der Waals surface area contributed by atoms with E-state index in [1.54, 1.807) is 32.6 Å². The summed E-state index contributed by atoms with van der Waals surface area (Å²) in [5.74, 6) is 0.934. The second-order valence-electron chi connectivity index (χ2n) is 6.94. The summed E-state index contributed by atoms with van der Waals surface area (Å²) >= 11 is 0. The molecular formula is C19H20N4O4. The number of rotatable bonds is 3. The van der Waals surface area contributed by atoms with Gasteiger partial charge in [0.1, 0.15) is 11.3 Å². The fourth-order valence-corrected chi connectivity index (χ4v) is 3.33. The molecule has 0 fully saturated rings. The van der Waals surface area contributed by atoms with Crippen molar-refractivity contribution in [2.75, 3.05) is 12.4 Å². The number of methoxy groups -OCH3 is 1. The number of aryl methyl sites for hydroxylation is 1. The van der Waals surface area contributed by atoms with E-state index < -0.39 is 6.10 Å². The third-order valence-corrected chi connectivity index (χ3v) is 4.74. The van der Waals surface area contributed by atoms with Crippen LogP contribution in [0.1, 0.15) is 13.8 Å². The predicted molar refractivity (Wildman–Crippen MR) is 101 cm³/mol. The molecule has 0 bridgehead atoms. The first-order valence-electron chi connectivity index (χ1n) is 8.63. The van der Waals surface area contributed by atoms with Gasteiger partial charge in [-0.05, 0) is 12.0 Å². The molecule has 3 aromatic rings. The van der Waals surface area contributed by atoms with E-state index >= 15 is 0 Å². The van der Waals surface area contributed by atoms with Gasteiger partial charge in [-0.2, -0.15) is 5.10 Å². The quantitative estimate of drug-likeness (QED) is 0.739. The van der Waals surface area contributed by atoms with Crippen LogP contribution in [0.2, 0.25) is 0 Å². The van der Waals surface area contributed by atoms with Crippen LogP contribution in [0.15, 0.2) is 29.3 Å². The molecule has 1 aliphatic heterocycles. The number of carbonyl (C=O) groups is 1. The molecule has 8 nitrogen and oxygen atoms in total. The Morgan fingerprint density at radius 2 is 2.04 bits per heavy atom. The van der Waals surface area contributed by atoms with Crippen molar-refractivity contribution in [1.29, 1.82) is 0 Å². The molecule has 8 heteroatoms. The van der Waals surface area contributed by atoms with Crippen LogP contribution >= 0.6 is 0 Å².